The van der Waals surface area contributed by atoms with Crippen LogP contribution in [0, 0.1) is 0 Å². The van der Waals surface area contributed by atoms with Gasteiger partial charge >= 0.3 is 0 Å². The number of benzene rings is 1. The number of pyridine rings is 1. The predicted octanol–water partition coefficient (Wildman–Crippen LogP) is 3.36. The third-order valence-corrected chi connectivity index (χ3v) is 3.31. The van der Waals surface area contributed by atoms with Crippen molar-refractivity contribution in [3.63, 3.8) is 0 Å². The molecule has 4 nitrogen and oxygen atoms in total. The Bertz CT molecular complexity index is 571. The van der Waals surface area contributed by atoms with E-state index in [0.29, 0.717) is 0 Å². The third-order valence-electron chi connectivity index (χ3n) is 3.31. The van der Waals surface area contributed by atoms with Crippen LogP contribution in [-0.4, -0.2) is 25.7 Å². The van der Waals surface area contributed by atoms with Gasteiger partial charge in [-0.05, 0) is 37.2 Å². The summed E-state index contributed by atoms with van der Waals surface area (Å²) in [5.74, 6) is 1.78. The van der Waals surface area contributed by atoms with Crippen LogP contribution in [0.25, 0.3) is 0 Å². The van der Waals surface area contributed by atoms with E-state index in [1.165, 1.54) is 0 Å². The van der Waals surface area contributed by atoms with Crippen molar-refractivity contribution in [2.45, 2.75) is 19.9 Å². The van der Waals surface area contributed by atoms with Crippen molar-refractivity contribution in [2.75, 3.05) is 25.6 Å². The lowest BCUT2D eigenvalue weighted by Gasteiger charge is -2.19. The van der Waals surface area contributed by atoms with Crippen LogP contribution < -0.4 is 15.0 Å². The summed E-state index contributed by atoms with van der Waals surface area (Å²) in [6, 6.07) is 14.1. The molecule has 2 aromatic rings. The zero-order valence-electron chi connectivity index (χ0n) is 13.0. The Labute approximate surface area is 126 Å². The first-order chi connectivity index (χ1) is 10.2. The lowest BCUT2D eigenvalue weighted by Crippen LogP contribution is -2.17. The second-order valence-corrected chi connectivity index (χ2v) is 4.92. The first-order valence-corrected chi connectivity index (χ1v) is 7.29. The maximum atomic E-state index is 5.27. The molecule has 2 rings (SSSR count). The molecule has 0 atom stereocenters. The summed E-state index contributed by atoms with van der Waals surface area (Å²) in [7, 11) is 3.69. The maximum absolute atomic E-state index is 5.27. The molecule has 1 heterocycles. The Morgan fingerprint density at radius 2 is 2.00 bits per heavy atom. The molecule has 0 spiro atoms. The van der Waals surface area contributed by atoms with Crippen LogP contribution in [0.1, 0.15) is 19.0 Å². The van der Waals surface area contributed by atoms with Gasteiger partial charge in [0, 0.05) is 25.3 Å². The van der Waals surface area contributed by atoms with E-state index < -0.39 is 0 Å². The highest BCUT2D eigenvalue weighted by molar-refractivity contribution is 5.60. The molecule has 1 N–H and O–H groups in total. The Hall–Kier alpha value is -2.07. The van der Waals surface area contributed by atoms with Crippen molar-refractivity contribution >= 4 is 11.5 Å². The van der Waals surface area contributed by atoms with Crippen LogP contribution >= 0.6 is 0 Å². The van der Waals surface area contributed by atoms with E-state index in [9.17, 15) is 0 Å². The molecule has 0 amide bonds. The minimum atomic E-state index is 0.799. The zero-order chi connectivity index (χ0) is 15.1. The molecule has 0 aliphatic heterocycles. The molecule has 21 heavy (non-hydrogen) atoms. The molecule has 0 aliphatic rings. The first kappa shape index (κ1) is 15.3. The standard InChI is InChI=1S/C17H23N3O/c1-4-11-18-13-14-7-5-10-17(19-14)20(2)15-8-6-9-16(12-15)21-3/h5-10,12,18H,4,11,13H2,1-3H3. The molecule has 0 aliphatic carbocycles. The van der Waals surface area contributed by atoms with Gasteiger partial charge in [0.2, 0.25) is 0 Å². The summed E-state index contributed by atoms with van der Waals surface area (Å²) in [6.07, 6.45) is 1.13. The van der Waals surface area contributed by atoms with Crippen molar-refractivity contribution in [2.24, 2.45) is 0 Å². The van der Waals surface area contributed by atoms with E-state index in [0.717, 1.165) is 42.5 Å². The summed E-state index contributed by atoms with van der Waals surface area (Å²) in [5.41, 5.74) is 2.11. The molecule has 0 saturated carbocycles. The molecule has 4 heteroatoms. The Morgan fingerprint density at radius 3 is 2.76 bits per heavy atom. The summed E-state index contributed by atoms with van der Waals surface area (Å²) >= 11 is 0. The number of nitrogens with zero attached hydrogens (tertiary/aromatic N) is 2. The third kappa shape index (κ3) is 4.20. The van der Waals surface area contributed by atoms with E-state index in [1.54, 1.807) is 7.11 Å². The van der Waals surface area contributed by atoms with Gasteiger partial charge in [-0.25, -0.2) is 4.98 Å². The van der Waals surface area contributed by atoms with Gasteiger partial charge in [0.05, 0.1) is 12.8 Å². The highest BCUT2D eigenvalue weighted by atomic mass is 16.5. The topological polar surface area (TPSA) is 37.4 Å². The van der Waals surface area contributed by atoms with E-state index in [-0.39, 0.29) is 0 Å². The number of nitrogens with one attached hydrogen (secondary N) is 1. The highest BCUT2D eigenvalue weighted by Gasteiger charge is 2.07. The van der Waals surface area contributed by atoms with Crippen LogP contribution in [0.3, 0.4) is 0 Å². The Kier molecular flexibility index (Phi) is 5.58. The van der Waals surface area contributed by atoms with Crippen LogP contribution in [0.5, 0.6) is 5.75 Å². The lowest BCUT2D eigenvalue weighted by molar-refractivity contribution is 0.415. The maximum Gasteiger partial charge on any atom is 0.133 e. The van der Waals surface area contributed by atoms with E-state index in [4.69, 9.17) is 9.72 Å². The summed E-state index contributed by atoms with van der Waals surface area (Å²) in [4.78, 5) is 6.76. The van der Waals surface area contributed by atoms with E-state index in [2.05, 4.69) is 17.1 Å². The number of aromatic nitrogens is 1. The van der Waals surface area contributed by atoms with Crippen LogP contribution in [0.2, 0.25) is 0 Å². The second kappa shape index (κ2) is 7.64. The summed E-state index contributed by atoms with van der Waals surface area (Å²) < 4.78 is 5.27. The molecule has 0 unspecified atom stereocenters. The molecule has 0 radical (unpaired) electrons. The largest absolute Gasteiger partial charge is 0.497 e. The quantitative estimate of drug-likeness (QED) is 0.792. The van der Waals surface area contributed by atoms with Crippen molar-refractivity contribution < 1.29 is 4.74 Å². The number of anilines is 2. The van der Waals surface area contributed by atoms with Gasteiger partial charge < -0.3 is 15.0 Å². The van der Waals surface area contributed by atoms with Crippen LogP contribution in [-0.2, 0) is 6.54 Å². The van der Waals surface area contributed by atoms with Gasteiger partial charge in [-0.1, -0.05) is 19.1 Å². The lowest BCUT2D eigenvalue weighted by atomic mass is 10.2. The average molecular weight is 285 g/mol. The van der Waals surface area contributed by atoms with Crippen molar-refractivity contribution in [3.8, 4) is 5.75 Å². The van der Waals surface area contributed by atoms with Crippen LogP contribution in [0.4, 0.5) is 11.5 Å². The van der Waals surface area contributed by atoms with Gasteiger partial charge in [0.1, 0.15) is 11.6 Å². The minimum absolute atomic E-state index is 0.799. The monoisotopic (exact) mass is 285 g/mol. The number of ether oxygens (including phenoxy) is 1. The normalized spacial score (nSPS) is 10.4. The van der Waals surface area contributed by atoms with Gasteiger partial charge in [0.15, 0.2) is 0 Å². The van der Waals surface area contributed by atoms with Gasteiger partial charge in [-0.3, -0.25) is 0 Å². The number of rotatable bonds is 7. The average Bonchev–Trinajstić information content (AvgIpc) is 2.55. The highest BCUT2D eigenvalue weighted by Crippen LogP contribution is 2.25. The number of methoxy groups -OCH3 is 1. The molecule has 0 fully saturated rings. The number of hydrogen-bond acceptors (Lipinski definition) is 4. The fourth-order valence-corrected chi connectivity index (χ4v) is 2.10. The minimum Gasteiger partial charge on any atom is -0.497 e. The predicted molar refractivity (Wildman–Crippen MR) is 87.3 cm³/mol. The summed E-state index contributed by atoms with van der Waals surface area (Å²) in [6.45, 7) is 3.97. The fourth-order valence-electron chi connectivity index (χ4n) is 2.10. The molecular weight excluding hydrogens is 262 g/mol. The molecule has 1 aromatic heterocycles. The van der Waals surface area contributed by atoms with Gasteiger partial charge in [-0.2, -0.15) is 0 Å². The van der Waals surface area contributed by atoms with E-state index in [1.807, 2.05) is 49.5 Å². The zero-order valence-corrected chi connectivity index (χ0v) is 13.0. The van der Waals surface area contributed by atoms with E-state index >= 15 is 0 Å². The molecular formula is C17H23N3O. The van der Waals surface area contributed by atoms with Crippen molar-refractivity contribution in [3.05, 3.63) is 48.2 Å². The van der Waals surface area contributed by atoms with Crippen molar-refractivity contribution in [1.29, 1.82) is 0 Å². The Balaban J connectivity index is 2.14. The van der Waals surface area contributed by atoms with Crippen LogP contribution in [0.15, 0.2) is 42.5 Å². The van der Waals surface area contributed by atoms with Gasteiger partial charge in [-0.15, -0.1) is 0 Å². The Morgan fingerprint density at radius 1 is 1.19 bits per heavy atom. The molecule has 0 saturated heterocycles. The molecule has 112 valence electrons. The molecule has 1 aromatic carbocycles. The molecule has 0 bridgehead atoms. The first-order valence-electron chi connectivity index (χ1n) is 7.29. The fraction of sp³-hybridized carbons (Fsp3) is 0.353. The smallest absolute Gasteiger partial charge is 0.133 e. The van der Waals surface area contributed by atoms with Crippen molar-refractivity contribution in [1.82, 2.24) is 10.3 Å². The number of hydrogen-bond donors (Lipinski definition) is 1. The SMILES string of the molecule is CCCNCc1cccc(N(C)c2cccc(OC)c2)n1. The van der Waals surface area contributed by atoms with Gasteiger partial charge in [0.25, 0.3) is 0 Å². The summed E-state index contributed by atoms with van der Waals surface area (Å²) in [5, 5.41) is 3.37. The second-order valence-electron chi connectivity index (χ2n) is 4.92.